The number of nitrogens with one attached hydrogen (secondary N) is 2. The standard InChI is InChI=1S/C9H12F2N2O3/c10-7(11)4-12-9(16)13-6-2-1-5(3-6)8(14)15/h1-2,5-7H,3-4H2,(H,14,15)(H2,12,13,16). The summed E-state index contributed by atoms with van der Waals surface area (Å²) >= 11 is 0. The van der Waals surface area contributed by atoms with Crippen molar-refractivity contribution >= 4 is 12.0 Å². The van der Waals surface area contributed by atoms with Gasteiger partial charge in [-0.15, -0.1) is 0 Å². The number of halogens is 2. The monoisotopic (exact) mass is 234 g/mol. The summed E-state index contributed by atoms with van der Waals surface area (Å²) in [5.74, 6) is -1.59. The number of carbonyl (C=O) groups is 2. The van der Waals surface area contributed by atoms with E-state index in [-0.39, 0.29) is 6.42 Å². The number of aliphatic carboxylic acids is 1. The summed E-state index contributed by atoms with van der Waals surface area (Å²) < 4.78 is 23.5. The lowest BCUT2D eigenvalue weighted by atomic mass is 10.1. The van der Waals surface area contributed by atoms with Gasteiger partial charge in [0.05, 0.1) is 18.5 Å². The van der Waals surface area contributed by atoms with Crippen LogP contribution in [0, 0.1) is 5.92 Å². The zero-order valence-corrected chi connectivity index (χ0v) is 8.32. The molecule has 1 aliphatic rings. The van der Waals surface area contributed by atoms with E-state index in [0.29, 0.717) is 0 Å². The largest absolute Gasteiger partial charge is 0.481 e. The molecule has 2 amide bonds. The van der Waals surface area contributed by atoms with Gasteiger partial charge in [0.2, 0.25) is 0 Å². The SMILES string of the molecule is O=C(NCC(F)F)NC1C=CC(C(=O)O)C1. The van der Waals surface area contributed by atoms with E-state index in [9.17, 15) is 18.4 Å². The van der Waals surface area contributed by atoms with Gasteiger partial charge in [0, 0.05) is 0 Å². The van der Waals surface area contributed by atoms with Crippen molar-refractivity contribution in [1.82, 2.24) is 10.6 Å². The minimum absolute atomic E-state index is 0.247. The molecule has 1 aliphatic carbocycles. The van der Waals surface area contributed by atoms with Crippen LogP contribution in [0.1, 0.15) is 6.42 Å². The molecule has 90 valence electrons. The molecule has 3 N–H and O–H groups in total. The predicted molar refractivity (Wildman–Crippen MR) is 51.2 cm³/mol. The van der Waals surface area contributed by atoms with Crippen LogP contribution in [0.25, 0.3) is 0 Å². The molecule has 0 heterocycles. The van der Waals surface area contributed by atoms with Gasteiger partial charge in [0.15, 0.2) is 0 Å². The van der Waals surface area contributed by atoms with Crippen LogP contribution < -0.4 is 10.6 Å². The Labute approximate surface area is 90.5 Å². The van der Waals surface area contributed by atoms with Crippen molar-refractivity contribution < 1.29 is 23.5 Å². The van der Waals surface area contributed by atoms with Gasteiger partial charge in [0.1, 0.15) is 0 Å². The highest BCUT2D eigenvalue weighted by atomic mass is 19.3. The lowest BCUT2D eigenvalue weighted by molar-refractivity contribution is -0.140. The van der Waals surface area contributed by atoms with Crippen LogP contribution >= 0.6 is 0 Å². The van der Waals surface area contributed by atoms with E-state index in [1.165, 1.54) is 6.08 Å². The van der Waals surface area contributed by atoms with Gasteiger partial charge in [-0.2, -0.15) is 0 Å². The van der Waals surface area contributed by atoms with E-state index in [2.05, 4.69) is 5.32 Å². The Hall–Kier alpha value is -1.66. The second-order valence-electron chi connectivity index (χ2n) is 3.42. The average Bonchev–Trinajstić information content (AvgIpc) is 2.63. The van der Waals surface area contributed by atoms with Crippen LogP contribution in [0.2, 0.25) is 0 Å². The van der Waals surface area contributed by atoms with Crippen LogP contribution in [0.4, 0.5) is 13.6 Å². The summed E-state index contributed by atoms with van der Waals surface area (Å²) in [5, 5.41) is 13.0. The second-order valence-corrected chi connectivity index (χ2v) is 3.42. The first-order valence-electron chi connectivity index (χ1n) is 4.72. The van der Waals surface area contributed by atoms with Gasteiger partial charge in [-0.05, 0) is 6.42 Å². The minimum Gasteiger partial charge on any atom is -0.481 e. The van der Waals surface area contributed by atoms with Crippen LogP contribution in [-0.4, -0.2) is 36.1 Å². The summed E-state index contributed by atoms with van der Waals surface area (Å²) in [6, 6.07) is -1.14. The highest BCUT2D eigenvalue weighted by Gasteiger charge is 2.25. The molecule has 2 atom stereocenters. The lowest BCUT2D eigenvalue weighted by Gasteiger charge is -2.12. The van der Waals surface area contributed by atoms with Gasteiger partial charge in [-0.25, -0.2) is 13.6 Å². The van der Waals surface area contributed by atoms with Gasteiger partial charge >= 0.3 is 12.0 Å². The summed E-state index contributed by atoms with van der Waals surface area (Å²) in [5.41, 5.74) is 0. The molecule has 0 saturated heterocycles. The second kappa shape index (κ2) is 5.43. The predicted octanol–water partition coefficient (Wildman–Crippen LogP) is 0.580. The van der Waals surface area contributed by atoms with Crippen molar-refractivity contribution in [3.05, 3.63) is 12.2 Å². The van der Waals surface area contributed by atoms with Gasteiger partial charge < -0.3 is 15.7 Å². The van der Waals surface area contributed by atoms with Crippen molar-refractivity contribution in [1.29, 1.82) is 0 Å². The molecule has 0 aromatic heterocycles. The number of hydrogen-bond acceptors (Lipinski definition) is 2. The Morgan fingerprint density at radius 1 is 1.44 bits per heavy atom. The molecule has 0 radical (unpaired) electrons. The van der Waals surface area contributed by atoms with Gasteiger partial charge in [-0.3, -0.25) is 4.79 Å². The van der Waals surface area contributed by atoms with Crippen molar-refractivity contribution in [3.63, 3.8) is 0 Å². The summed E-state index contributed by atoms with van der Waals surface area (Å²) in [4.78, 5) is 21.6. The van der Waals surface area contributed by atoms with E-state index in [1.54, 1.807) is 6.08 Å². The van der Waals surface area contributed by atoms with Gasteiger partial charge in [0.25, 0.3) is 6.43 Å². The number of urea groups is 1. The van der Waals surface area contributed by atoms with E-state index in [4.69, 9.17) is 5.11 Å². The highest BCUT2D eigenvalue weighted by molar-refractivity contribution is 5.76. The van der Waals surface area contributed by atoms with Crippen LogP contribution in [0.5, 0.6) is 0 Å². The molecular formula is C9H12F2N2O3. The molecule has 0 bridgehead atoms. The maximum atomic E-state index is 11.7. The highest BCUT2D eigenvalue weighted by Crippen LogP contribution is 2.17. The topological polar surface area (TPSA) is 78.4 Å². The minimum atomic E-state index is -2.60. The molecule has 2 unspecified atom stereocenters. The average molecular weight is 234 g/mol. The molecule has 0 aromatic rings. The molecule has 0 aliphatic heterocycles. The fourth-order valence-corrected chi connectivity index (χ4v) is 1.38. The Morgan fingerprint density at radius 2 is 2.12 bits per heavy atom. The molecule has 0 aromatic carbocycles. The molecule has 0 fully saturated rings. The molecule has 0 spiro atoms. The third-order valence-corrected chi connectivity index (χ3v) is 2.13. The number of alkyl halides is 2. The fourth-order valence-electron chi connectivity index (χ4n) is 1.38. The summed E-state index contributed by atoms with van der Waals surface area (Å²) in [6.45, 7) is -0.718. The third-order valence-electron chi connectivity index (χ3n) is 2.13. The first-order chi connectivity index (χ1) is 7.49. The quantitative estimate of drug-likeness (QED) is 0.622. The molecule has 5 nitrogen and oxygen atoms in total. The number of amides is 2. The van der Waals surface area contributed by atoms with Crippen molar-refractivity contribution in [2.45, 2.75) is 18.9 Å². The Kier molecular flexibility index (Phi) is 4.21. The van der Waals surface area contributed by atoms with E-state index in [0.717, 1.165) is 0 Å². The van der Waals surface area contributed by atoms with Crippen molar-refractivity contribution in [2.75, 3.05) is 6.54 Å². The Balaban J connectivity index is 2.27. The normalized spacial score (nSPS) is 23.4. The number of carboxylic acids is 1. The number of rotatable bonds is 4. The maximum Gasteiger partial charge on any atom is 0.315 e. The van der Waals surface area contributed by atoms with E-state index in [1.807, 2.05) is 5.32 Å². The van der Waals surface area contributed by atoms with Crippen LogP contribution in [0.15, 0.2) is 12.2 Å². The molecule has 16 heavy (non-hydrogen) atoms. The van der Waals surface area contributed by atoms with Gasteiger partial charge in [-0.1, -0.05) is 12.2 Å². The Morgan fingerprint density at radius 3 is 2.62 bits per heavy atom. The zero-order chi connectivity index (χ0) is 12.1. The van der Waals surface area contributed by atoms with E-state index >= 15 is 0 Å². The number of carboxylic acid groups (broad SMARTS) is 1. The lowest BCUT2D eigenvalue weighted by Crippen LogP contribution is -2.42. The number of carbonyl (C=O) groups excluding carboxylic acids is 1. The summed E-state index contributed by atoms with van der Waals surface area (Å²) in [6.07, 6.45) is 0.662. The maximum absolute atomic E-state index is 11.7. The van der Waals surface area contributed by atoms with Crippen LogP contribution in [0.3, 0.4) is 0 Å². The summed E-state index contributed by atoms with van der Waals surface area (Å²) in [7, 11) is 0. The molecule has 1 rings (SSSR count). The molecule has 7 heteroatoms. The molecule has 0 saturated carbocycles. The number of hydrogen-bond donors (Lipinski definition) is 3. The third kappa shape index (κ3) is 3.84. The zero-order valence-electron chi connectivity index (χ0n) is 8.32. The van der Waals surface area contributed by atoms with E-state index < -0.39 is 36.9 Å². The van der Waals surface area contributed by atoms with Crippen molar-refractivity contribution in [3.8, 4) is 0 Å². The fraction of sp³-hybridized carbons (Fsp3) is 0.556. The molecular weight excluding hydrogens is 222 g/mol. The van der Waals surface area contributed by atoms with Crippen LogP contribution in [-0.2, 0) is 4.79 Å². The Bertz CT molecular complexity index is 307. The first kappa shape index (κ1) is 12.4. The van der Waals surface area contributed by atoms with Crippen molar-refractivity contribution in [2.24, 2.45) is 5.92 Å². The first-order valence-corrected chi connectivity index (χ1v) is 4.72. The smallest absolute Gasteiger partial charge is 0.315 e.